The molecule has 4 atom stereocenters. The molecule has 0 aliphatic carbocycles. The summed E-state index contributed by atoms with van der Waals surface area (Å²) in [5.74, 6) is -0.875. The van der Waals surface area contributed by atoms with Crippen molar-refractivity contribution >= 4 is 17.1 Å². The minimum absolute atomic E-state index is 0.0140. The molecule has 1 fully saturated rings. The zero-order valence-electron chi connectivity index (χ0n) is 14.2. The molecule has 25 heavy (non-hydrogen) atoms. The smallest absolute Gasteiger partial charge is 0.388 e. The standard InChI is InChI=1S/C16H24F3N3O2S/c1-8-3-9(4-12(22-8)11(20)6-21-2)15-10(13(24)7-23)5-14(25-15)16(17,18)19/h5,8-9,11-12,21-23H,3-4,6-7,20H2,1-2H3. The van der Waals surface area contributed by atoms with Crippen molar-refractivity contribution in [2.75, 3.05) is 20.2 Å². The van der Waals surface area contributed by atoms with Crippen LogP contribution in [0, 0.1) is 0 Å². The summed E-state index contributed by atoms with van der Waals surface area (Å²) in [5, 5.41) is 15.5. The van der Waals surface area contributed by atoms with Crippen LogP contribution in [0.3, 0.4) is 0 Å². The van der Waals surface area contributed by atoms with Gasteiger partial charge in [0.05, 0.1) is 0 Å². The highest BCUT2D eigenvalue weighted by atomic mass is 32.1. The monoisotopic (exact) mass is 379 g/mol. The van der Waals surface area contributed by atoms with Crippen molar-refractivity contribution in [1.82, 2.24) is 10.6 Å². The van der Waals surface area contributed by atoms with E-state index >= 15 is 0 Å². The van der Waals surface area contributed by atoms with Gasteiger partial charge >= 0.3 is 6.18 Å². The summed E-state index contributed by atoms with van der Waals surface area (Å²) in [5.41, 5.74) is 6.14. The second-order valence-electron chi connectivity index (χ2n) is 6.53. The zero-order valence-corrected chi connectivity index (χ0v) is 15.0. The average Bonchev–Trinajstić information content (AvgIpc) is 2.99. The number of carbonyl (C=O) groups is 1. The van der Waals surface area contributed by atoms with Gasteiger partial charge in [0.15, 0.2) is 5.78 Å². The van der Waals surface area contributed by atoms with E-state index in [4.69, 9.17) is 10.8 Å². The number of aliphatic hydroxyl groups is 1. The number of hydrogen-bond donors (Lipinski definition) is 4. The number of nitrogens with two attached hydrogens (primary N) is 1. The van der Waals surface area contributed by atoms with Gasteiger partial charge in [-0.3, -0.25) is 4.79 Å². The van der Waals surface area contributed by atoms with Crippen molar-refractivity contribution in [2.45, 2.75) is 50.0 Å². The summed E-state index contributed by atoms with van der Waals surface area (Å²) in [6.45, 7) is 1.74. The Kier molecular flexibility index (Phi) is 6.61. The summed E-state index contributed by atoms with van der Waals surface area (Å²) in [7, 11) is 1.79. The fraction of sp³-hybridized carbons (Fsp3) is 0.688. The van der Waals surface area contributed by atoms with Gasteiger partial charge in [-0.2, -0.15) is 13.2 Å². The summed E-state index contributed by atoms with van der Waals surface area (Å²) in [4.78, 5) is 11.6. The molecule has 1 saturated heterocycles. The SMILES string of the molecule is CNCC(N)C1CC(c2sc(C(F)(F)F)cc2C(=O)CO)CC(C)N1. The second-order valence-corrected chi connectivity index (χ2v) is 7.62. The zero-order chi connectivity index (χ0) is 18.8. The van der Waals surface area contributed by atoms with Gasteiger partial charge in [0, 0.05) is 35.1 Å². The van der Waals surface area contributed by atoms with E-state index in [1.807, 2.05) is 6.92 Å². The lowest BCUT2D eigenvalue weighted by Crippen LogP contribution is -2.55. The molecule has 0 bridgehead atoms. The lowest BCUT2D eigenvalue weighted by Gasteiger charge is -2.37. The topological polar surface area (TPSA) is 87.4 Å². The largest absolute Gasteiger partial charge is 0.425 e. The number of rotatable bonds is 6. The third kappa shape index (κ3) is 4.79. The quantitative estimate of drug-likeness (QED) is 0.566. The molecule has 2 heterocycles. The fourth-order valence-corrected chi connectivity index (χ4v) is 4.54. The van der Waals surface area contributed by atoms with Crippen LogP contribution in [0.15, 0.2) is 6.07 Å². The van der Waals surface area contributed by atoms with Crippen LogP contribution in [0.25, 0.3) is 0 Å². The van der Waals surface area contributed by atoms with Crippen LogP contribution in [0.2, 0.25) is 0 Å². The minimum Gasteiger partial charge on any atom is -0.388 e. The number of piperidine rings is 1. The van der Waals surface area contributed by atoms with Crippen LogP contribution in [0.1, 0.15) is 45.8 Å². The fourth-order valence-electron chi connectivity index (χ4n) is 3.37. The second kappa shape index (κ2) is 8.13. The number of nitrogens with one attached hydrogen (secondary N) is 2. The number of likely N-dealkylation sites (N-methyl/N-ethyl adjacent to an activating group) is 1. The van der Waals surface area contributed by atoms with Gasteiger partial charge in [0.25, 0.3) is 0 Å². The van der Waals surface area contributed by atoms with E-state index in [0.29, 0.717) is 35.6 Å². The van der Waals surface area contributed by atoms with E-state index in [9.17, 15) is 18.0 Å². The van der Waals surface area contributed by atoms with Crippen molar-refractivity contribution in [3.05, 3.63) is 21.4 Å². The molecule has 0 spiro atoms. The van der Waals surface area contributed by atoms with Gasteiger partial charge < -0.3 is 21.5 Å². The Morgan fingerprint density at radius 3 is 2.76 bits per heavy atom. The molecule has 0 radical (unpaired) electrons. The highest BCUT2D eigenvalue weighted by Crippen LogP contribution is 2.43. The Hall–Kier alpha value is -1.00. The molecule has 9 heteroatoms. The lowest BCUT2D eigenvalue weighted by atomic mass is 9.83. The number of Topliss-reactive ketones (excluding diaryl/α,β-unsaturated/α-hetero) is 1. The predicted octanol–water partition coefficient (Wildman–Crippen LogP) is 1.71. The van der Waals surface area contributed by atoms with Crippen LogP contribution in [0.4, 0.5) is 13.2 Å². The molecule has 5 N–H and O–H groups in total. The van der Waals surface area contributed by atoms with Crippen molar-refractivity contribution in [3.8, 4) is 0 Å². The molecule has 1 aromatic heterocycles. The summed E-state index contributed by atoms with van der Waals surface area (Å²) >= 11 is 0.605. The Morgan fingerprint density at radius 1 is 1.52 bits per heavy atom. The highest BCUT2D eigenvalue weighted by Gasteiger charge is 2.38. The maximum atomic E-state index is 13.1. The van der Waals surface area contributed by atoms with E-state index in [1.165, 1.54) is 0 Å². The van der Waals surface area contributed by atoms with Gasteiger partial charge in [-0.15, -0.1) is 11.3 Å². The van der Waals surface area contributed by atoms with E-state index in [-0.39, 0.29) is 29.6 Å². The molecular formula is C16H24F3N3O2S. The minimum atomic E-state index is -4.51. The van der Waals surface area contributed by atoms with Gasteiger partial charge in [-0.05, 0) is 38.8 Å². The number of carbonyl (C=O) groups excluding carboxylic acids is 1. The van der Waals surface area contributed by atoms with Crippen LogP contribution in [-0.4, -0.2) is 49.2 Å². The van der Waals surface area contributed by atoms with E-state index < -0.39 is 23.4 Å². The predicted molar refractivity (Wildman–Crippen MR) is 91.0 cm³/mol. The first-order valence-electron chi connectivity index (χ1n) is 8.18. The number of hydrogen-bond acceptors (Lipinski definition) is 6. The first kappa shape index (κ1) is 20.3. The van der Waals surface area contributed by atoms with E-state index in [2.05, 4.69) is 10.6 Å². The molecule has 0 aromatic carbocycles. The maximum Gasteiger partial charge on any atom is 0.425 e. The van der Waals surface area contributed by atoms with Gasteiger partial charge in [-0.1, -0.05) is 0 Å². The molecule has 1 aliphatic rings. The van der Waals surface area contributed by atoms with E-state index in [1.54, 1.807) is 7.05 Å². The highest BCUT2D eigenvalue weighted by molar-refractivity contribution is 7.12. The van der Waals surface area contributed by atoms with Crippen molar-refractivity contribution in [2.24, 2.45) is 5.73 Å². The number of alkyl halides is 3. The van der Waals surface area contributed by atoms with Gasteiger partial charge in [0.1, 0.15) is 11.5 Å². The van der Waals surface area contributed by atoms with Crippen LogP contribution in [-0.2, 0) is 6.18 Å². The Bertz CT molecular complexity index is 606. The van der Waals surface area contributed by atoms with Crippen molar-refractivity contribution in [3.63, 3.8) is 0 Å². The third-order valence-electron chi connectivity index (χ3n) is 4.49. The Morgan fingerprint density at radius 2 is 2.20 bits per heavy atom. The maximum absolute atomic E-state index is 13.1. The average molecular weight is 379 g/mol. The first-order chi connectivity index (χ1) is 11.7. The summed E-state index contributed by atoms with van der Waals surface area (Å²) in [6, 6.07) is 0.692. The molecule has 0 amide bonds. The van der Waals surface area contributed by atoms with Gasteiger partial charge in [0.2, 0.25) is 0 Å². The Balaban J connectivity index is 2.34. The number of ketones is 1. The first-order valence-corrected chi connectivity index (χ1v) is 9.00. The van der Waals surface area contributed by atoms with E-state index in [0.717, 1.165) is 6.07 Å². The molecule has 1 aromatic rings. The molecule has 142 valence electrons. The molecule has 5 nitrogen and oxygen atoms in total. The number of aliphatic hydroxyl groups excluding tert-OH is 1. The van der Waals surface area contributed by atoms with Crippen molar-refractivity contribution in [1.29, 1.82) is 0 Å². The van der Waals surface area contributed by atoms with Crippen LogP contribution >= 0.6 is 11.3 Å². The van der Waals surface area contributed by atoms with Crippen molar-refractivity contribution < 1.29 is 23.1 Å². The summed E-state index contributed by atoms with van der Waals surface area (Å²) in [6.07, 6.45) is -3.34. The third-order valence-corrected chi connectivity index (χ3v) is 5.83. The lowest BCUT2D eigenvalue weighted by molar-refractivity contribution is -0.134. The summed E-state index contributed by atoms with van der Waals surface area (Å²) < 4.78 is 39.3. The normalized spacial score (nSPS) is 25.8. The molecule has 0 saturated carbocycles. The molecule has 1 aliphatic heterocycles. The Labute approximate surface area is 148 Å². The number of thiophene rings is 1. The van der Waals surface area contributed by atoms with Gasteiger partial charge in [-0.25, -0.2) is 0 Å². The van der Waals surface area contributed by atoms with Crippen LogP contribution in [0.5, 0.6) is 0 Å². The number of halogens is 3. The van der Waals surface area contributed by atoms with Crippen LogP contribution < -0.4 is 16.4 Å². The molecular weight excluding hydrogens is 355 g/mol. The molecule has 4 unspecified atom stereocenters. The molecule has 2 rings (SSSR count).